The Morgan fingerprint density at radius 1 is 1.00 bits per heavy atom. The average Bonchev–Trinajstić information content (AvgIpc) is 3.16. The van der Waals surface area contributed by atoms with Crippen LogP contribution in [0, 0.1) is 16.7 Å². The zero-order valence-electron chi connectivity index (χ0n) is 23.6. The summed E-state index contributed by atoms with van der Waals surface area (Å²) in [5.41, 5.74) is 3.38. The number of pyridine rings is 1. The van der Waals surface area contributed by atoms with E-state index < -0.39 is 5.41 Å². The molecule has 2 aliphatic rings. The summed E-state index contributed by atoms with van der Waals surface area (Å²) in [4.78, 5) is 31.4. The fourth-order valence-corrected chi connectivity index (χ4v) is 5.77. The molecule has 2 fully saturated rings. The highest BCUT2D eigenvalue weighted by Crippen LogP contribution is 2.44. The van der Waals surface area contributed by atoms with Crippen molar-refractivity contribution >= 4 is 22.7 Å². The first-order chi connectivity index (χ1) is 16.3. The van der Waals surface area contributed by atoms with E-state index in [0.717, 1.165) is 54.5 Å². The Morgan fingerprint density at radius 2 is 1.61 bits per heavy atom. The van der Waals surface area contributed by atoms with Gasteiger partial charge in [0.2, 0.25) is 5.78 Å². The molecule has 0 radical (unpaired) electrons. The Morgan fingerprint density at radius 3 is 2.19 bits per heavy atom. The smallest absolute Gasteiger partial charge is 0.202 e. The van der Waals surface area contributed by atoms with Gasteiger partial charge in [0.15, 0.2) is 11.3 Å². The molecule has 2 aromatic rings. The monoisotopic (exact) mass is 497 g/mol. The van der Waals surface area contributed by atoms with Gasteiger partial charge in [0, 0.05) is 41.0 Å². The normalized spacial score (nSPS) is 22.2. The molecule has 1 unspecified atom stereocenters. The minimum Gasteiger partial charge on any atom is -0.451 e. The summed E-state index contributed by atoms with van der Waals surface area (Å²) in [5, 5.41) is 0. The van der Waals surface area contributed by atoms with E-state index in [0.29, 0.717) is 23.5 Å². The number of hydrogen-bond donors (Lipinski definition) is 0. The highest BCUT2D eigenvalue weighted by molar-refractivity contribution is 6.02. The number of Topliss-reactive ketones (excluding diaryl/α,β-unsaturated/α-hetero) is 2. The van der Waals surface area contributed by atoms with Gasteiger partial charge in [0.25, 0.3) is 0 Å². The minimum absolute atomic E-state index is 0. The second kappa shape index (κ2) is 11.2. The molecule has 0 bridgehead atoms. The van der Waals surface area contributed by atoms with Crippen molar-refractivity contribution in [3.05, 3.63) is 29.2 Å². The Bertz CT molecular complexity index is 1060. The van der Waals surface area contributed by atoms with Crippen LogP contribution in [0.2, 0.25) is 0 Å². The summed E-state index contributed by atoms with van der Waals surface area (Å²) in [7, 11) is 0. The van der Waals surface area contributed by atoms with Gasteiger partial charge in [0.1, 0.15) is 11.3 Å². The number of nitrogens with zero attached hydrogens (tertiary/aromatic N) is 1. The summed E-state index contributed by atoms with van der Waals surface area (Å²) in [6.07, 6.45) is 7.78. The Balaban J connectivity index is 0.00000148. The van der Waals surface area contributed by atoms with Crippen molar-refractivity contribution in [2.45, 2.75) is 132 Å². The van der Waals surface area contributed by atoms with Gasteiger partial charge in [-0.1, -0.05) is 76.2 Å². The van der Waals surface area contributed by atoms with Crippen LogP contribution in [0.3, 0.4) is 0 Å². The van der Waals surface area contributed by atoms with Gasteiger partial charge >= 0.3 is 0 Å². The van der Waals surface area contributed by atoms with Crippen LogP contribution < -0.4 is 0 Å². The first-order valence-electron chi connectivity index (χ1n) is 13.8. The summed E-state index contributed by atoms with van der Waals surface area (Å²) in [6.45, 7) is 19.1. The SMILES string of the molecule is C.CC.CC1(C)CCC(c2cc(C(C)(C)C)c3oc(C(=O)C4CCCCC(=O)C4(C)C)cc3n2)CC1. The number of ketones is 2. The third-order valence-corrected chi connectivity index (χ3v) is 8.36. The van der Waals surface area contributed by atoms with Crippen molar-refractivity contribution in [3.8, 4) is 0 Å². The van der Waals surface area contributed by atoms with Crippen LogP contribution in [-0.4, -0.2) is 16.6 Å². The molecule has 1 atom stereocenters. The van der Waals surface area contributed by atoms with Crippen molar-refractivity contribution < 1.29 is 14.0 Å². The van der Waals surface area contributed by atoms with E-state index in [4.69, 9.17) is 9.40 Å². The van der Waals surface area contributed by atoms with E-state index in [1.54, 1.807) is 0 Å². The molecule has 0 saturated heterocycles. The standard InChI is InChI=1S/C29H41NO3.C2H6.CH4/c1-27(2,3)20-16-21(18-12-14-28(4,5)15-13-18)30-22-17-23(33-26(20)22)25(32)19-10-8-9-11-24(31)29(19,6)7;1-2;/h16-19H,8-15H2,1-7H3;1-2H3;1H4. The maximum absolute atomic E-state index is 13.6. The lowest BCUT2D eigenvalue weighted by atomic mass is 9.72. The van der Waals surface area contributed by atoms with Crippen molar-refractivity contribution in [2.75, 3.05) is 0 Å². The number of carbonyl (C=O) groups excluding carboxylic acids is 2. The maximum atomic E-state index is 13.6. The fraction of sp³-hybridized carbons (Fsp3) is 0.719. The lowest BCUT2D eigenvalue weighted by Crippen LogP contribution is -2.36. The van der Waals surface area contributed by atoms with Gasteiger partial charge in [-0.15, -0.1) is 0 Å². The second-order valence-electron chi connectivity index (χ2n) is 12.9. The van der Waals surface area contributed by atoms with Crippen LogP contribution in [0.25, 0.3) is 11.1 Å². The van der Waals surface area contributed by atoms with Crippen LogP contribution in [0.5, 0.6) is 0 Å². The quantitative estimate of drug-likeness (QED) is 0.313. The molecule has 4 nitrogen and oxygen atoms in total. The lowest BCUT2D eigenvalue weighted by molar-refractivity contribution is -0.128. The maximum Gasteiger partial charge on any atom is 0.202 e. The number of furan rings is 1. The first-order valence-corrected chi connectivity index (χ1v) is 13.8. The molecule has 0 spiro atoms. The Kier molecular flexibility index (Phi) is 9.40. The Labute approximate surface area is 220 Å². The third kappa shape index (κ3) is 6.11. The molecule has 202 valence electrons. The minimum atomic E-state index is -0.660. The molecule has 2 heterocycles. The van der Waals surface area contributed by atoms with Crippen LogP contribution in [0.4, 0.5) is 0 Å². The lowest BCUT2D eigenvalue weighted by Gasteiger charge is -2.34. The molecule has 2 saturated carbocycles. The predicted octanol–water partition coefficient (Wildman–Crippen LogP) is 9.44. The molecular weight excluding hydrogens is 446 g/mol. The van der Waals surface area contributed by atoms with Crippen molar-refractivity contribution in [1.29, 1.82) is 0 Å². The van der Waals surface area contributed by atoms with E-state index in [2.05, 4.69) is 40.7 Å². The second-order valence-corrected chi connectivity index (χ2v) is 12.9. The molecule has 0 aliphatic heterocycles. The fourth-order valence-electron chi connectivity index (χ4n) is 5.77. The van der Waals surface area contributed by atoms with Crippen molar-refractivity contribution in [2.24, 2.45) is 16.7 Å². The zero-order valence-corrected chi connectivity index (χ0v) is 23.6. The number of rotatable bonds is 3. The molecule has 4 rings (SSSR count). The highest BCUT2D eigenvalue weighted by Gasteiger charge is 2.43. The van der Waals surface area contributed by atoms with Gasteiger partial charge in [-0.3, -0.25) is 9.59 Å². The van der Waals surface area contributed by atoms with E-state index in [1.165, 1.54) is 12.8 Å². The number of fused-ring (bicyclic) bond motifs is 1. The molecule has 0 N–H and O–H groups in total. The molecular formula is C32H51NO3. The van der Waals surface area contributed by atoms with Crippen LogP contribution in [-0.2, 0) is 10.2 Å². The number of carbonyl (C=O) groups is 2. The van der Waals surface area contributed by atoms with Gasteiger partial charge in [-0.2, -0.15) is 0 Å². The van der Waals surface area contributed by atoms with Gasteiger partial charge < -0.3 is 4.42 Å². The molecule has 36 heavy (non-hydrogen) atoms. The van der Waals surface area contributed by atoms with E-state index in [-0.39, 0.29) is 30.3 Å². The topological polar surface area (TPSA) is 60.2 Å². The van der Waals surface area contributed by atoms with E-state index >= 15 is 0 Å². The molecule has 0 aromatic carbocycles. The first kappa shape index (κ1) is 30.3. The summed E-state index contributed by atoms with van der Waals surface area (Å²) in [6, 6.07) is 4.07. The van der Waals surface area contributed by atoms with Crippen LogP contribution in [0.1, 0.15) is 149 Å². The summed E-state index contributed by atoms with van der Waals surface area (Å²) >= 11 is 0. The third-order valence-electron chi connectivity index (χ3n) is 8.36. The zero-order chi connectivity index (χ0) is 26.2. The van der Waals surface area contributed by atoms with E-state index in [1.807, 2.05) is 33.8 Å². The molecule has 0 amide bonds. The van der Waals surface area contributed by atoms with Crippen LogP contribution >= 0.6 is 0 Å². The van der Waals surface area contributed by atoms with Gasteiger partial charge in [-0.05, 0) is 55.4 Å². The molecule has 2 aliphatic carbocycles. The number of aromatic nitrogens is 1. The molecule has 4 heteroatoms. The predicted molar refractivity (Wildman–Crippen MR) is 151 cm³/mol. The van der Waals surface area contributed by atoms with Gasteiger partial charge in [-0.25, -0.2) is 4.98 Å². The highest BCUT2D eigenvalue weighted by atomic mass is 16.3. The van der Waals surface area contributed by atoms with Gasteiger partial charge in [0.05, 0.1) is 0 Å². The summed E-state index contributed by atoms with van der Waals surface area (Å²) < 4.78 is 6.26. The van der Waals surface area contributed by atoms with Crippen LogP contribution in [0.15, 0.2) is 16.5 Å². The van der Waals surface area contributed by atoms with E-state index in [9.17, 15) is 9.59 Å². The van der Waals surface area contributed by atoms with Crippen molar-refractivity contribution in [1.82, 2.24) is 4.98 Å². The van der Waals surface area contributed by atoms with Crippen molar-refractivity contribution in [3.63, 3.8) is 0 Å². The summed E-state index contributed by atoms with van der Waals surface area (Å²) in [5.74, 6) is 0.611. The number of hydrogen-bond acceptors (Lipinski definition) is 4. The average molecular weight is 498 g/mol. The molecule has 2 aromatic heterocycles. The largest absolute Gasteiger partial charge is 0.451 e. The Hall–Kier alpha value is -1.97.